The number of rotatable bonds is 1. The standard InChI is InChI=1S/C14H9NO5/c16-13-11-7-4-5-8(12(11)14(17)20-13)10-6(7)2-1-3-9(10)15(18)19/h1-5,7-8,11-12H/t7-,8-,11-,12-/m0/s1. The molecule has 4 aliphatic rings. The van der Waals surface area contributed by atoms with Crippen LogP contribution in [0.4, 0.5) is 5.69 Å². The maximum absolute atomic E-state index is 11.9. The Balaban J connectivity index is 1.98. The normalized spacial score (nSPS) is 32.8. The van der Waals surface area contributed by atoms with Gasteiger partial charge in [-0.25, -0.2) is 0 Å². The summed E-state index contributed by atoms with van der Waals surface area (Å²) in [5.41, 5.74) is 1.32. The van der Waals surface area contributed by atoms with Gasteiger partial charge >= 0.3 is 11.9 Å². The zero-order valence-corrected chi connectivity index (χ0v) is 10.2. The van der Waals surface area contributed by atoms with Gasteiger partial charge in [-0.2, -0.15) is 0 Å². The van der Waals surface area contributed by atoms with Crippen molar-refractivity contribution in [1.82, 2.24) is 0 Å². The SMILES string of the molecule is O=C1OC(=O)[C@@H]2[C@@H]1[C@H]1C=C[C@H]2c2c1cccc2[N+](=O)[O-]. The van der Waals surface area contributed by atoms with Crippen molar-refractivity contribution in [3.63, 3.8) is 0 Å². The number of nitro groups is 1. The molecule has 0 unspecified atom stereocenters. The lowest BCUT2D eigenvalue weighted by molar-refractivity contribution is -0.385. The van der Waals surface area contributed by atoms with Crippen LogP contribution in [0, 0.1) is 22.0 Å². The Hall–Kier alpha value is -2.50. The molecule has 1 aromatic rings. The Morgan fingerprint density at radius 2 is 1.70 bits per heavy atom. The molecule has 1 aromatic carbocycles. The van der Waals surface area contributed by atoms with E-state index in [-0.39, 0.29) is 11.6 Å². The highest BCUT2D eigenvalue weighted by Gasteiger charge is 2.58. The Labute approximate surface area is 113 Å². The molecule has 1 heterocycles. The third-order valence-electron chi connectivity index (χ3n) is 4.44. The van der Waals surface area contributed by atoms with Gasteiger partial charge in [0, 0.05) is 23.5 Å². The fourth-order valence-electron chi connectivity index (χ4n) is 3.70. The van der Waals surface area contributed by atoms with E-state index in [1.807, 2.05) is 6.08 Å². The van der Waals surface area contributed by atoms with Crippen molar-refractivity contribution in [2.75, 3.05) is 0 Å². The van der Waals surface area contributed by atoms with Crippen LogP contribution in [0.3, 0.4) is 0 Å². The topological polar surface area (TPSA) is 86.5 Å². The van der Waals surface area contributed by atoms with Gasteiger partial charge in [0.05, 0.1) is 16.8 Å². The number of carbonyl (C=O) groups excluding carboxylic acids is 2. The lowest BCUT2D eigenvalue weighted by atomic mass is 9.60. The van der Waals surface area contributed by atoms with Gasteiger partial charge in [0.1, 0.15) is 0 Å². The van der Waals surface area contributed by atoms with Crippen LogP contribution in [-0.2, 0) is 14.3 Å². The zero-order valence-electron chi connectivity index (χ0n) is 10.2. The Kier molecular flexibility index (Phi) is 2.00. The van der Waals surface area contributed by atoms with Crippen LogP contribution >= 0.6 is 0 Å². The zero-order chi connectivity index (χ0) is 14.0. The number of hydrogen-bond acceptors (Lipinski definition) is 5. The summed E-state index contributed by atoms with van der Waals surface area (Å²) in [7, 11) is 0. The molecular formula is C14H9NO5. The van der Waals surface area contributed by atoms with E-state index in [0.717, 1.165) is 5.56 Å². The molecule has 2 bridgehead atoms. The molecule has 0 N–H and O–H groups in total. The minimum absolute atomic E-state index is 0.00690. The van der Waals surface area contributed by atoms with E-state index in [9.17, 15) is 19.7 Å². The van der Waals surface area contributed by atoms with Crippen molar-refractivity contribution in [2.24, 2.45) is 11.8 Å². The van der Waals surface area contributed by atoms with E-state index in [0.29, 0.717) is 5.56 Å². The number of benzene rings is 1. The first-order valence-corrected chi connectivity index (χ1v) is 6.30. The van der Waals surface area contributed by atoms with E-state index in [4.69, 9.17) is 4.74 Å². The monoisotopic (exact) mass is 271 g/mol. The molecular weight excluding hydrogens is 262 g/mol. The number of allylic oxidation sites excluding steroid dienone is 2. The minimum Gasteiger partial charge on any atom is -0.393 e. The van der Waals surface area contributed by atoms with Crippen LogP contribution in [0.1, 0.15) is 23.0 Å². The number of esters is 2. The first kappa shape index (κ1) is 11.3. The Morgan fingerprint density at radius 1 is 1.05 bits per heavy atom. The molecule has 3 aliphatic carbocycles. The van der Waals surface area contributed by atoms with Gasteiger partial charge in [-0.05, 0) is 5.56 Å². The van der Waals surface area contributed by atoms with E-state index in [1.54, 1.807) is 18.2 Å². The first-order valence-electron chi connectivity index (χ1n) is 6.30. The van der Waals surface area contributed by atoms with Gasteiger partial charge in [-0.1, -0.05) is 24.3 Å². The highest BCUT2D eigenvalue weighted by Crippen LogP contribution is 2.56. The molecule has 0 amide bonds. The summed E-state index contributed by atoms with van der Waals surface area (Å²) >= 11 is 0. The van der Waals surface area contributed by atoms with E-state index in [1.165, 1.54) is 6.07 Å². The van der Waals surface area contributed by atoms with Crippen molar-refractivity contribution >= 4 is 17.6 Å². The van der Waals surface area contributed by atoms with Crippen LogP contribution < -0.4 is 0 Å². The van der Waals surface area contributed by atoms with E-state index in [2.05, 4.69) is 0 Å². The summed E-state index contributed by atoms with van der Waals surface area (Å²) in [6, 6.07) is 4.84. The average Bonchev–Trinajstić information content (AvgIpc) is 2.76. The maximum Gasteiger partial charge on any atom is 0.318 e. The molecule has 1 saturated heterocycles. The van der Waals surface area contributed by atoms with Crippen LogP contribution in [0.25, 0.3) is 0 Å². The predicted molar refractivity (Wildman–Crippen MR) is 65.8 cm³/mol. The van der Waals surface area contributed by atoms with Crippen LogP contribution in [0.2, 0.25) is 0 Å². The third kappa shape index (κ3) is 1.18. The van der Waals surface area contributed by atoms with E-state index < -0.39 is 34.6 Å². The quantitative estimate of drug-likeness (QED) is 0.255. The molecule has 1 aliphatic heterocycles. The first-order chi connectivity index (χ1) is 9.59. The summed E-state index contributed by atoms with van der Waals surface area (Å²) in [5, 5.41) is 11.2. The second-order valence-corrected chi connectivity index (χ2v) is 5.27. The van der Waals surface area contributed by atoms with Crippen LogP contribution in [0.15, 0.2) is 30.4 Å². The second kappa shape index (κ2) is 3.53. The average molecular weight is 271 g/mol. The van der Waals surface area contributed by atoms with Crippen molar-refractivity contribution in [1.29, 1.82) is 0 Å². The lowest BCUT2D eigenvalue weighted by Crippen LogP contribution is -2.37. The van der Waals surface area contributed by atoms with Crippen molar-refractivity contribution < 1.29 is 19.2 Å². The minimum atomic E-state index is -0.619. The highest BCUT2D eigenvalue weighted by atomic mass is 16.6. The fourth-order valence-corrected chi connectivity index (χ4v) is 3.70. The predicted octanol–water partition coefficient (Wildman–Crippen LogP) is 1.66. The van der Waals surface area contributed by atoms with Gasteiger partial charge in [0.2, 0.25) is 0 Å². The Morgan fingerprint density at radius 3 is 2.40 bits per heavy atom. The number of nitro benzene ring substituents is 1. The molecule has 0 saturated carbocycles. The van der Waals surface area contributed by atoms with Crippen molar-refractivity contribution in [3.8, 4) is 0 Å². The molecule has 6 nitrogen and oxygen atoms in total. The van der Waals surface area contributed by atoms with Gasteiger partial charge < -0.3 is 4.74 Å². The van der Waals surface area contributed by atoms with Crippen molar-refractivity contribution in [2.45, 2.75) is 11.8 Å². The highest BCUT2D eigenvalue weighted by molar-refractivity contribution is 5.99. The summed E-state index contributed by atoms with van der Waals surface area (Å²) in [6.07, 6.45) is 3.65. The van der Waals surface area contributed by atoms with E-state index >= 15 is 0 Å². The maximum atomic E-state index is 11.9. The van der Waals surface area contributed by atoms with Gasteiger partial charge in [-0.15, -0.1) is 0 Å². The summed E-state index contributed by atoms with van der Waals surface area (Å²) < 4.78 is 4.73. The number of nitrogens with zero attached hydrogens (tertiary/aromatic N) is 1. The molecule has 5 rings (SSSR count). The smallest absolute Gasteiger partial charge is 0.318 e. The molecule has 1 fully saturated rings. The van der Waals surface area contributed by atoms with Crippen LogP contribution in [-0.4, -0.2) is 16.9 Å². The number of hydrogen-bond donors (Lipinski definition) is 0. The summed E-state index contributed by atoms with van der Waals surface area (Å²) in [5.74, 6) is -2.99. The fraction of sp³-hybridized carbons (Fsp3) is 0.286. The lowest BCUT2D eigenvalue weighted by Gasteiger charge is -2.38. The molecule has 4 atom stereocenters. The Bertz CT molecular complexity index is 708. The molecule has 20 heavy (non-hydrogen) atoms. The van der Waals surface area contributed by atoms with Crippen molar-refractivity contribution in [3.05, 3.63) is 51.6 Å². The second-order valence-electron chi connectivity index (χ2n) is 5.27. The number of carbonyl (C=O) groups is 2. The summed E-state index contributed by atoms with van der Waals surface area (Å²) in [6.45, 7) is 0. The van der Waals surface area contributed by atoms with Gasteiger partial charge in [0.15, 0.2) is 0 Å². The molecule has 0 aromatic heterocycles. The summed E-state index contributed by atoms with van der Waals surface area (Å²) in [4.78, 5) is 34.4. The molecule has 0 spiro atoms. The van der Waals surface area contributed by atoms with Gasteiger partial charge in [-0.3, -0.25) is 19.7 Å². The molecule has 100 valence electrons. The van der Waals surface area contributed by atoms with Crippen LogP contribution in [0.5, 0.6) is 0 Å². The largest absolute Gasteiger partial charge is 0.393 e. The third-order valence-corrected chi connectivity index (χ3v) is 4.44. The van der Waals surface area contributed by atoms with Gasteiger partial charge in [0.25, 0.3) is 5.69 Å². The molecule has 0 radical (unpaired) electrons. The number of ether oxygens (including phenoxy) is 1. The molecule has 6 heteroatoms. The number of cyclic esters (lactones) is 2.